The van der Waals surface area contributed by atoms with Crippen molar-refractivity contribution in [1.29, 1.82) is 0 Å². The molecule has 3 N–H and O–H groups in total. The summed E-state index contributed by atoms with van der Waals surface area (Å²) in [5.41, 5.74) is 1.08. The molecule has 0 aliphatic carbocycles. The summed E-state index contributed by atoms with van der Waals surface area (Å²) in [6.07, 6.45) is 1.48. The van der Waals surface area contributed by atoms with Crippen molar-refractivity contribution in [2.75, 3.05) is 45.1 Å². The molecule has 1 aliphatic rings. The third kappa shape index (κ3) is 4.73. The van der Waals surface area contributed by atoms with Crippen molar-refractivity contribution in [3.63, 3.8) is 0 Å². The molecular formula is C19H23N4O4+. The third-order valence-electron chi connectivity index (χ3n) is 4.54. The van der Waals surface area contributed by atoms with E-state index in [-0.39, 0.29) is 17.7 Å². The van der Waals surface area contributed by atoms with Crippen molar-refractivity contribution < 1.29 is 23.7 Å². The van der Waals surface area contributed by atoms with Crippen molar-refractivity contribution in [3.8, 4) is 0 Å². The fourth-order valence-corrected chi connectivity index (χ4v) is 3.07. The van der Waals surface area contributed by atoms with Gasteiger partial charge in [-0.2, -0.15) is 0 Å². The molecule has 3 amide bonds. The zero-order valence-corrected chi connectivity index (χ0v) is 15.2. The van der Waals surface area contributed by atoms with E-state index in [1.165, 1.54) is 6.26 Å². The van der Waals surface area contributed by atoms with Gasteiger partial charge in [0.1, 0.15) is 0 Å². The fraction of sp³-hybridized carbons (Fsp3) is 0.316. The summed E-state index contributed by atoms with van der Waals surface area (Å²) in [5, 5.41) is 5.39. The highest BCUT2D eigenvalue weighted by Crippen LogP contribution is 2.10. The first-order valence-electron chi connectivity index (χ1n) is 8.85. The van der Waals surface area contributed by atoms with Crippen LogP contribution in [0, 0.1) is 0 Å². The van der Waals surface area contributed by atoms with Gasteiger partial charge in [0, 0.05) is 18.3 Å². The lowest BCUT2D eigenvalue weighted by Gasteiger charge is -2.31. The molecule has 3 rings (SSSR count). The highest BCUT2D eigenvalue weighted by molar-refractivity contribution is 5.97. The van der Waals surface area contributed by atoms with E-state index in [0.29, 0.717) is 49.7 Å². The molecule has 0 saturated carbocycles. The fourth-order valence-electron chi connectivity index (χ4n) is 3.07. The van der Waals surface area contributed by atoms with E-state index >= 15 is 0 Å². The molecule has 8 heteroatoms. The predicted octanol–water partition coefficient (Wildman–Crippen LogP) is -0.381. The molecule has 0 spiro atoms. The lowest BCUT2D eigenvalue weighted by Crippen LogP contribution is -3.15. The van der Waals surface area contributed by atoms with E-state index in [4.69, 9.17) is 4.42 Å². The molecule has 142 valence electrons. The van der Waals surface area contributed by atoms with E-state index < -0.39 is 0 Å². The molecule has 0 radical (unpaired) electrons. The Bertz CT molecular complexity index is 811. The Balaban J connectivity index is 1.48. The summed E-state index contributed by atoms with van der Waals surface area (Å²) < 4.78 is 5.15. The summed E-state index contributed by atoms with van der Waals surface area (Å²) in [4.78, 5) is 39.1. The largest absolute Gasteiger partial charge is 0.459 e. The Morgan fingerprint density at radius 2 is 1.93 bits per heavy atom. The van der Waals surface area contributed by atoms with Crippen LogP contribution in [0.15, 0.2) is 47.1 Å². The Kier molecular flexibility index (Phi) is 5.87. The van der Waals surface area contributed by atoms with Crippen LogP contribution in [0.5, 0.6) is 0 Å². The van der Waals surface area contributed by atoms with Crippen LogP contribution in [-0.2, 0) is 4.79 Å². The van der Waals surface area contributed by atoms with Gasteiger partial charge in [-0.1, -0.05) is 6.07 Å². The summed E-state index contributed by atoms with van der Waals surface area (Å²) >= 11 is 0. The minimum atomic E-state index is -0.200. The van der Waals surface area contributed by atoms with Crippen LogP contribution in [-0.4, -0.2) is 62.4 Å². The zero-order chi connectivity index (χ0) is 19.2. The van der Waals surface area contributed by atoms with E-state index in [9.17, 15) is 14.4 Å². The zero-order valence-electron chi connectivity index (χ0n) is 15.2. The second-order valence-corrected chi connectivity index (χ2v) is 6.40. The summed E-state index contributed by atoms with van der Waals surface area (Å²) in [7, 11) is 1.56. The van der Waals surface area contributed by atoms with Crippen LogP contribution in [0.1, 0.15) is 20.9 Å². The summed E-state index contributed by atoms with van der Waals surface area (Å²) in [5.74, 6) is -0.0966. The smallest absolute Gasteiger partial charge is 0.289 e. The van der Waals surface area contributed by atoms with Crippen LogP contribution in [0.2, 0.25) is 0 Å². The minimum absolute atomic E-state index is 0.116. The number of nitrogens with one attached hydrogen (secondary N) is 3. The lowest BCUT2D eigenvalue weighted by atomic mass is 10.2. The first kappa shape index (κ1) is 18.7. The van der Waals surface area contributed by atoms with Gasteiger partial charge in [-0.15, -0.1) is 0 Å². The predicted molar refractivity (Wildman–Crippen MR) is 98.6 cm³/mol. The Morgan fingerprint density at radius 1 is 1.15 bits per heavy atom. The quantitative estimate of drug-likeness (QED) is 0.668. The molecule has 0 unspecified atom stereocenters. The van der Waals surface area contributed by atoms with Gasteiger partial charge in [-0.25, -0.2) is 0 Å². The van der Waals surface area contributed by atoms with Crippen molar-refractivity contribution in [2.24, 2.45) is 0 Å². The number of carbonyl (C=O) groups excluding carboxylic acids is 3. The van der Waals surface area contributed by atoms with Crippen molar-refractivity contribution in [3.05, 3.63) is 54.0 Å². The monoisotopic (exact) mass is 371 g/mol. The number of benzene rings is 1. The molecule has 1 aliphatic heterocycles. The standard InChI is InChI=1S/C19H22N4O4/c1-20-18(25)14-4-2-5-15(12-14)21-17(24)13-22-7-9-23(10-8-22)19(26)16-6-3-11-27-16/h2-6,11-12H,7-10,13H2,1H3,(H,20,25)(H,21,24)/p+1. The minimum Gasteiger partial charge on any atom is -0.459 e. The maximum atomic E-state index is 12.3. The van der Waals surface area contributed by atoms with E-state index in [1.807, 2.05) is 0 Å². The number of anilines is 1. The average molecular weight is 371 g/mol. The second-order valence-electron chi connectivity index (χ2n) is 6.40. The molecule has 27 heavy (non-hydrogen) atoms. The van der Waals surface area contributed by atoms with Gasteiger partial charge in [-0.05, 0) is 30.3 Å². The number of furan rings is 1. The Labute approximate surface area is 157 Å². The summed E-state index contributed by atoms with van der Waals surface area (Å²) in [6.45, 7) is 2.85. The molecule has 8 nitrogen and oxygen atoms in total. The topological polar surface area (TPSA) is 96.1 Å². The van der Waals surface area contributed by atoms with Crippen LogP contribution in [0.4, 0.5) is 5.69 Å². The number of carbonyl (C=O) groups is 3. The van der Waals surface area contributed by atoms with Gasteiger partial charge in [0.05, 0.1) is 32.4 Å². The number of nitrogens with zero attached hydrogens (tertiary/aromatic N) is 1. The summed E-state index contributed by atoms with van der Waals surface area (Å²) in [6, 6.07) is 10.2. The van der Waals surface area contributed by atoms with Crippen molar-refractivity contribution in [1.82, 2.24) is 10.2 Å². The molecule has 2 heterocycles. The van der Waals surface area contributed by atoms with E-state index in [2.05, 4.69) is 10.6 Å². The molecule has 1 fully saturated rings. The van der Waals surface area contributed by atoms with Gasteiger partial charge >= 0.3 is 0 Å². The van der Waals surface area contributed by atoms with Crippen LogP contribution < -0.4 is 15.5 Å². The van der Waals surface area contributed by atoms with Crippen molar-refractivity contribution >= 4 is 23.4 Å². The SMILES string of the molecule is CNC(=O)c1cccc(NC(=O)C[NH+]2CCN(C(=O)c3ccco3)CC2)c1. The molecule has 1 aromatic heterocycles. The van der Waals surface area contributed by atoms with Gasteiger partial charge in [0.25, 0.3) is 17.7 Å². The first-order valence-corrected chi connectivity index (χ1v) is 8.85. The first-order chi connectivity index (χ1) is 13.1. The maximum absolute atomic E-state index is 12.3. The highest BCUT2D eigenvalue weighted by Gasteiger charge is 2.27. The molecule has 1 saturated heterocycles. The van der Waals surface area contributed by atoms with Crippen molar-refractivity contribution in [2.45, 2.75) is 0 Å². The Hall–Kier alpha value is -3.13. The molecule has 0 bridgehead atoms. The van der Waals surface area contributed by atoms with Crippen LogP contribution in [0.25, 0.3) is 0 Å². The van der Waals surface area contributed by atoms with E-state index in [0.717, 1.165) is 4.90 Å². The number of amides is 3. The maximum Gasteiger partial charge on any atom is 0.289 e. The number of rotatable bonds is 5. The number of hydrogen-bond acceptors (Lipinski definition) is 4. The second kappa shape index (κ2) is 8.50. The van der Waals surface area contributed by atoms with Gasteiger partial charge in [-0.3, -0.25) is 14.4 Å². The van der Waals surface area contributed by atoms with Gasteiger partial charge in [0.2, 0.25) is 0 Å². The highest BCUT2D eigenvalue weighted by atomic mass is 16.3. The van der Waals surface area contributed by atoms with Crippen LogP contribution >= 0.6 is 0 Å². The number of piperazine rings is 1. The molecule has 1 aromatic carbocycles. The van der Waals surface area contributed by atoms with Gasteiger partial charge in [0.15, 0.2) is 12.3 Å². The normalized spacial score (nSPS) is 14.6. The number of hydrogen-bond donors (Lipinski definition) is 3. The molecular weight excluding hydrogens is 348 g/mol. The lowest BCUT2D eigenvalue weighted by molar-refractivity contribution is -0.895. The van der Waals surface area contributed by atoms with Gasteiger partial charge < -0.3 is 24.9 Å². The number of quaternary nitrogens is 1. The average Bonchev–Trinajstić information content (AvgIpc) is 3.22. The molecule has 2 aromatic rings. The molecule has 0 atom stereocenters. The Morgan fingerprint density at radius 3 is 2.59 bits per heavy atom. The third-order valence-corrected chi connectivity index (χ3v) is 4.54. The van der Waals surface area contributed by atoms with Crippen LogP contribution in [0.3, 0.4) is 0 Å². The van der Waals surface area contributed by atoms with E-state index in [1.54, 1.807) is 48.3 Å².